The number of rotatable bonds is 6. The van der Waals surface area contributed by atoms with Gasteiger partial charge in [0, 0.05) is 0 Å². The maximum atomic E-state index is 10.3. The highest BCUT2D eigenvalue weighted by atomic mass is 16.6. The monoisotopic (exact) mass is 268 g/mol. The second kappa shape index (κ2) is 6.26. The van der Waals surface area contributed by atoms with Gasteiger partial charge >= 0.3 is 0 Å². The first-order chi connectivity index (χ1) is 8.60. The van der Waals surface area contributed by atoms with Crippen molar-refractivity contribution in [3.05, 3.63) is 0 Å². The minimum absolute atomic E-state index is 0.367. The van der Waals surface area contributed by atoms with E-state index in [9.17, 15) is 10.2 Å². The molecule has 0 aromatic rings. The normalized spacial score (nSPS) is 26.0. The second-order valence-electron chi connectivity index (χ2n) is 6.90. The SMILES string of the molecule is CC(C)CC(C)(O)C#CC(C)(O)CC(C)CC1CO1. The molecule has 110 valence electrons. The summed E-state index contributed by atoms with van der Waals surface area (Å²) < 4.78 is 5.19. The lowest BCUT2D eigenvalue weighted by atomic mass is 9.89. The molecular weight excluding hydrogens is 240 g/mol. The smallest absolute Gasteiger partial charge is 0.123 e. The summed E-state index contributed by atoms with van der Waals surface area (Å²) in [5.41, 5.74) is -2.07. The Labute approximate surface area is 117 Å². The number of aliphatic hydroxyl groups is 2. The molecule has 19 heavy (non-hydrogen) atoms. The van der Waals surface area contributed by atoms with Crippen molar-refractivity contribution in [3.8, 4) is 11.8 Å². The molecule has 1 heterocycles. The molecule has 3 heteroatoms. The standard InChI is InChI=1S/C16H28O3/c1-12(2)9-15(4,17)6-7-16(5,18)10-13(3)8-14-11-19-14/h12-14,17-18H,8-11H2,1-5H3. The van der Waals surface area contributed by atoms with Gasteiger partial charge in [-0.3, -0.25) is 0 Å². The molecule has 1 aliphatic heterocycles. The average Bonchev–Trinajstić information content (AvgIpc) is 2.96. The van der Waals surface area contributed by atoms with Crippen molar-refractivity contribution >= 4 is 0 Å². The highest BCUT2D eigenvalue weighted by Gasteiger charge is 2.29. The van der Waals surface area contributed by atoms with Crippen LogP contribution in [0.3, 0.4) is 0 Å². The van der Waals surface area contributed by atoms with E-state index < -0.39 is 11.2 Å². The van der Waals surface area contributed by atoms with Crippen LogP contribution in [0.5, 0.6) is 0 Å². The maximum absolute atomic E-state index is 10.3. The number of epoxide rings is 1. The lowest BCUT2D eigenvalue weighted by Gasteiger charge is -2.23. The van der Waals surface area contributed by atoms with Gasteiger partial charge in [-0.2, -0.15) is 0 Å². The average molecular weight is 268 g/mol. The van der Waals surface area contributed by atoms with Gasteiger partial charge in [-0.05, 0) is 44.9 Å². The molecule has 3 nitrogen and oxygen atoms in total. The van der Waals surface area contributed by atoms with Gasteiger partial charge in [0.25, 0.3) is 0 Å². The lowest BCUT2D eigenvalue weighted by Crippen LogP contribution is -2.29. The van der Waals surface area contributed by atoms with E-state index in [1.807, 2.05) is 13.8 Å². The van der Waals surface area contributed by atoms with Gasteiger partial charge in [0.2, 0.25) is 0 Å². The molecule has 2 N–H and O–H groups in total. The van der Waals surface area contributed by atoms with Crippen molar-refractivity contribution < 1.29 is 14.9 Å². The summed E-state index contributed by atoms with van der Waals surface area (Å²) in [6, 6.07) is 0. The molecule has 0 saturated carbocycles. The van der Waals surface area contributed by atoms with Gasteiger partial charge < -0.3 is 14.9 Å². The third-order valence-corrected chi connectivity index (χ3v) is 3.22. The first-order valence-electron chi connectivity index (χ1n) is 7.20. The van der Waals surface area contributed by atoms with Gasteiger partial charge in [0.15, 0.2) is 0 Å². The minimum atomic E-state index is -1.05. The molecule has 0 radical (unpaired) electrons. The molecule has 1 aliphatic rings. The summed E-state index contributed by atoms with van der Waals surface area (Å²) in [6.45, 7) is 10.5. The molecule has 0 amide bonds. The summed E-state index contributed by atoms with van der Waals surface area (Å²) in [4.78, 5) is 0. The Hall–Kier alpha value is -0.560. The van der Waals surface area contributed by atoms with E-state index in [1.165, 1.54) is 0 Å². The van der Waals surface area contributed by atoms with Crippen LogP contribution in [0.4, 0.5) is 0 Å². The topological polar surface area (TPSA) is 53.0 Å². The number of hydrogen-bond acceptors (Lipinski definition) is 3. The molecule has 0 spiro atoms. The highest BCUT2D eigenvalue weighted by Crippen LogP contribution is 2.26. The first-order valence-corrected chi connectivity index (χ1v) is 7.20. The van der Waals surface area contributed by atoms with Gasteiger partial charge in [-0.15, -0.1) is 0 Å². The van der Waals surface area contributed by atoms with Crippen LogP contribution in [0.15, 0.2) is 0 Å². The van der Waals surface area contributed by atoms with Crippen LogP contribution in [0.2, 0.25) is 0 Å². The molecule has 1 saturated heterocycles. The van der Waals surface area contributed by atoms with Gasteiger partial charge in [-0.1, -0.05) is 32.6 Å². The molecule has 1 fully saturated rings. The van der Waals surface area contributed by atoms with Crippen LogP contribution in [-0.4, -0.2) is 34.1 Å². The van der Waals surface area contributed by atoms with Crippen molar-refractivity contribution in [1.82, 2.24) is 0 Å². The predicted octanol–water partition coefficient (Wildman–Crippen LogP) is 2.35. The summed E-state index contributed by atoms with van der Waals surface area (Å²) in [6.07, 6.45) is 2.57. The van der Waals surface area contributed by atoms with Gasteiger partial charge in [0.1, 0.15) is 11.2 Å². The van der Waals surface area contributed by atoms with Crippen LogP contribution < -0.4 is 0 Å². The third kappa shape index (κ3) is 7.57. The summed E-state index contributed by atoms with van der Waals surface area (Å²) >= 11 is 0. The predicted molar refractivity (Wildman–Crippen MR) is 76.6 cm³/mol. The van der Waals surface area contributed by atoms with Gasteiger partial charge in [-0.25, -0.2) is 0 Å². The molecule has 0 aromatic carbocycles. The fourth-order valence-electron chi connectivity index (χ4n) is 2.58. The molecule has 0 aliphatic carbocycles. The van der Waals surface area contributed by atoms with E-state index in [-0.39, 0.29) is 0 Å². The van der Waals surface area contributed by atoms with Crippen molar-refractivity contribution in [2.75, 3.05) is 6.61 Å². The van der Waals surface area contributed by atoms with E-state index in [1.54, 1.807) is 13.8 Å². The van der Waals surface area contributed by atoms with Crippen LogP contribution in [0.1, 0.15) is 53.9 Å². The van der Waals surface area contributed by atoms with E-state index in [0.717, 1.165) is 13.0 Å². The van der Waals surface area contributed by atoms with E-state index in [4.69, 9.17) is 4.74 Å². The zero-order valence-corrected chi connectivity index (χ0v) is 12.9. The Morgan fingerprint density at radius 3 is 2.00 bits per heavy atom. The zero-order chi connectivity index (χ0) is 14.7. The summed E-state index contributed by atoms with van der Waals surface area (Å²) in [5, 5.41) is 20.4. The Bertz CT molecular complexity index is 343. The summed E-state index contributed by atoms with van der Waals surface area (Å²) in [7, 11) is 0. The fourth-order valence-corrected chi connectivity index (χ4v) is 2.58. The Morgan fingerprint density at radius 1 is 1.11 bits per heavy atom. The maximum Gasteiger partial charge on any atom is 0.123 e. The quantitative estimate of drug-likeness (QED) is 0.574. The molecule has 4 atom stereocenters. The van der Waals surface area contributed by atoms with E-state index in [0.29, 0.717) is 30.8 Å². The van der Waals surface area contributed by atoms with Crippen molar-refractivity contribution in [3.63, 3.8) is 0 Å². The van der Waals surface area contributed by atoms with Crippen LogP contribution in [0.25, 0.3) is 0 Å². The van der Waals surface area contributed by atoms with Crippen molar-refractivity contribution in [1.29, 1.82) is 0 Å². The van der Waals surface area contributed by atoms with Crippen molar-refractivity contribution in [2.24, 2.45) is 11.8 Å². The third-order valence-electron chi connectivity index (χ3n) is 3.22. The lowest BCUT2D eigenvalue weighted by molar-refractivity contribution is 0.0826. The van der Waals surface area contributed by atoms with Crippen molar-refractivity contribution in [2.45, 2.75) is 71.2 Å². The number of ether oxygens (including phenoxy) is 1. The van der Waals surface area contributed by atoms with E-state index >= 15 is 0 Å². The second-order valence-corrected chi connectivity index (χ2v) is 6.90. The van der Waals surface area contributed by atoms with Crippen LogP contribution in [0, 0.1) is 23.7 Å². The number of hydrogen-bond donors (Lipinski definition) is 2. The zero-order valence-electron chi connectivity index (χ0n) is 12.9. The Balaban J connectivity index is 2.51. The Morgan fingerprint density at radius 2 is 1.58 bits per heavy atom. The highest BCUT2D eigenvalue weighted by molar-refractivity contribution is 5.19. The molecule has 0 bridgehead atoms. The van der Waals surface area contributed by atoms with E-state index in [2.05, 4.69) is 18.8 Å². The first kappa shape index (κ1) is 16.5. The fraction of sp³-hybridized carbons (Fsp3) is 0.875. The molecular formula is C16H28O3. The largest absolute Gasteiger partial charge is 0.378 e. The molecule has 1 rings (SSSR count). The Kier molecular flexibility index (Phi) is 5.43. The van der Waals surface area contributed by atoms with Gasteiger partial charge in [0.05, 0.1) is 12.7 Å². The minimum Gasteiger partial charge on any atom is -0.378 e. The molecule has 0 aromatic heterocycles. The summed E-state index contributed by atoms with van der Waals surface area (Å²) in [5.74, 6) is 6.42. The van der Waals surface area contributed by atoms with Crippen LogP contribution in [-0.2, 0) is 4.74 Å². The van der Waals surface area contributed by atoms with Crippen LogP contribution >= 0.6 is 0 Å². The molecule has 4 unspecified atom stereocenters.